The smallest absolute Gasteiger partial charge is 0.350 e. The number of ether oxygens (including phenoxy) is 2. The predicted molar refractivity (Wildman–Crippen MR) is 145 cm³/mol. The van der Waals surface area contributed by atoms with Crippen molar-refractivity contribution in [2.75, 3.05) is 25.7 Å². The number of halogens is 1. The number of nitrogens with zero attached hydrogens (tertiary/aromatic N) is 4. The van der Waals surface area contributed by atoms with Crippen LogP contribution in [-0.4, -0.2) is 62.0 Å². The van der Waals surface area contributed by atoms with Gasteiger partial charge in [-0.05, 0) is 53.6 Å². The maximum absolute atomic E-state index is 12.7. The lowest BCUT2D eigenvalue weighted by Gasteiger charge is -2.20. The molecule has 210 valence electrons. The highest BCUT2D eigenvalue weighted by atomic mass is 19.1. The minimum absolute atomic E-state index is 0.0223. The van der Waals surface area contributed by atoms with E-state index in [0.717, 1.165) is 17.2 Å². The number of hydrogen-bond donors (Lipinski definition) is 5. The van der Waals surface area contributed by atoms with E-state index in [4.69, 9.17) is 30.5 Å². The number of aromatic nitrogens is 5. The molecule has 0 saturated heterocycles. The van der Waals surface area contributed by atoms with Gasteiger partial charge in [-0.2, -0.15) is 0 Å². The fourth-order valence-corrected chi connectivity index (χ4v) is 3.53. The number of carboxylic acid groups (broad SMARTS) is 1. The van der Waals surface area contributed by atoms with Crippen molar-refractivity contribution < 1.29 is 23.8 Å². The minimum atomic E-state index is -0.833. The van der Waals surface area contributed by atoms with Gasteiger partial charge in [0.25, 0.3) is 11.9 Å². The molecule has 2 heterocycles. The van der Waals surface area contributed by atoms with E-state index in [2.05, 4.69) is 25.4 Å². The first-order valence-corrected chi connectivity index (χ1v) is 11.9. The number of carboxylic acids is 1. The van der Waals surface area contributed by atoms with Crippen LogP contribution >= 0.6 is 0 Å². The van der Waals surface area contributed by atoms with Gasteiger partial charge in [0, 0.05) is 30.6 Å². The quantitative estimate of drug-likeness (QED) is 0.105. The van der Waals surface area contributed by atoms with Crippen LogP contribution in [0.5, 0.6) is 5.75 Å². The Kier molecular flexibility index (Phi) is 10.4. The molecule has 0 unspecified atom stereocenters. The third kappa shape index (κ3) is 8.19. The van der Waals surface area contributed by atoms with E-state index in [1.54, 1.807) is 42.5 Å². The van der Waals surface area contributed by atoms with Gasteiger partial charge in [-0.3, -0.25) is 15.2 Å². The van der Waals surface area contributed by atoms with Crippen molar-refractivity contribution in [1.29, 1.82) is 5.41 Å². The Bertz CT molecular complexity index is 1470. The second kappa shape index (κ2) is 14.2. The summed E-state index contributed by atoms with van der Waals surface area (Å²) in [6.45, 7) is 0.653. The van der Waals surface area contributed by atoms with Gasteiger partial charge in [-0.1, -0.05) is 6.07 Å². The molecule has 0 radical (unpaired) electrons. The van der Waals surface area contributed by atoms with E-state index in [1.807, 2.05) is 6.07 Å². The highest BCUT2D eigenvalue weighted by Gasteiger charge is 2.22. The molecular weight excluding hydrogens is 523 g/mol. The summed E-state index contributed by atoms with van der Waals surface area (Å²) in [6, 6.07) is 13.4. The van der Waals surface area contributed by atoms with Gasteiger partial charge in [0.15, 0.2) is 5.82 Å². The Morgan fingerprint density at radius 2 is 1.90 bits per heavy atom. The Morgan fingerprint density at radius 3 is 2.50 bits per heavy atom. The monoisotopic (exact) mass is 552 g/mol. The first-order valence-electron chi connectivity index (χ1n) is 11.9. The molecule has 4 aromatic rings. The number of rotatable bonds is 11. The molecule has 2 aromatic carbocycles. The molecule has 0 aliphatic carbocycles. The average molecular weight is 553 g/mol. The van der Waals surface area contributed by atoms with Gasteiger partial charge in [-0.15, -0.1) is 9.78 Å². The summed E-state index contributed by atoms with van der Waals surface area (Å²) in [5.41, 5.74) is 7.78. The number of nitrogens with two attached hydrogens (primary N) is 1. The summed E-state index contributed by atoms with van der Waals surface area (Å²) in [7, 11) is 1.54. The lowest BCUT2D eigenvalue weighted by molar-refractivity contribution is -0.134. The second-order valence-corrected chi connectivity index (χ2v) is 8.22. The van der Waals surface area contributed by atoms with E-state index in [1.165, 1.54) is 19.5 Å². The number of carbonyl (C=O) groups is 1. The van der Waals surface area contributed by atoms with Crippen molar-refractivity contribution in [1.82, 2.24) is 24.7 Å². The summed E-state index contributed by atoms with van der Waals surface area (Å²) in [4.78, 5) is 32.7. The summed E-state index contributed by atoms with van der Waals surface area (Å²) in [6.07, 6.45) is 3.03. The third-order valence-corrected chi connectivity index (χ3v) is 5.20. The Labute approximate surface area is 228 Å². The molecule has 13 nitrogen and oxygen atoms in total. The highest BCUT2D eigenvalue weighted by molar-refractivity contribution is 5.95. The SMILES string of the molecule is CC(=O)O.COc1cc(COCCF)cc([C@H](Nc2ccc(C(=N)N)cc2)c2nn(-c3ncccn3)c(=O)[nH]2)c1. The molecule has 0 bridgehead atoms. The summed E-state index contributed by atoms with van der Waals surface area (Å²) in [5, 5.41) is 22.8. The van der Waals surface area contributed by atoms with Crippen molar-refractivity contribution in [3.05, 3.63) is 93.9 Å². The van der Waals surface area contributed by atoms with E-state index < -0.39 is 24.4 Å². The lowest BCUT2D eigenvalue weighted by atomic mass is 10.0. The molecule has 0 fully saturated rings. The predicted octanol–water partition coefficient (Wildman–Crippen LogP) is 2.42. The van der Waals surface area contributed by atoms with E-state index in [-0.39, 0.29) is 25.0 Å². The third-order valence-electron chi connectivity index (χ3n) is 5.20. The molecule has 14 heteroatoms. The van der Waals surface area contributed by atoms with Crippen molar-refractivity contribution >= 4 is 17.5 Å². The first kappa shape index (κ1) is 29.4. The topological polar surface area (TPSA) is 194 Å². The number of aliphatic carboxylic acids is 1. The largest absolute Gasteiger partial charge is 0.497 e. The summed E-state index contributed by atoms with van der Waals surface area (Å²) >= 11 is 0. The molecule has 4 rings (SSSR count). The highest BCUT2D eigenvalue weighted by Crippen LogP contribution is 2.29. The summed E-state index contributed by atoms with van der Waals surface area (Å²) in [5.74, 6) is 0.0977. The standard InChI is InChI=1S/C24H25FN8O3.C2H4O2/c1-35-19-12-15(14-36-10-7-25)11-17(13-19)20(30-18-5-3-16(4-6-18)21(26)27)22-31-24(34)33(32-22)23-28-8-2-9-29-23;1-2(3)4/h2-6,8-9,11-13,20,30H,7,10,14H2,1H3,(H3,26,27)(H,31,32,34);1H3,(H,3,4)/t20-;/m0./s1. The van der Waals surface area contributed by atoms with Crippen LogP contribution in [0, 0.1) is 5.41 Å². The van der Waals surface area contributed by atoms with Gasteiger partial charge in [-0.25, -0.2) is 19.2 Å². The number of amidine groups is 1. The van der Waals surface area contributed by atoms with Gasteiger partial charge >= 0.3 is 5.69 Å². The lowest BCUT2D eigenvalue weighted by Crippen LogP contribution is -2.18. The normalized spacial score (nSPS) is 11.2. The van der Waals surface area contributed by atoms with Crippen molar-refractivity contribution in [3.8, 4) is 11.7 Å². The van der Waals surface area contributed by atoms with Crippen LogP contribution in [0.4, 0.5) is 10.1 Å². The number of methoxy groups -OCH3 is 1. The molecular formula is C26H29FN8O5. The van der Waals surface area contributed by atoms with Crippen molar-refractivity contribution in [2.45, 2.75) is 19.6 Å². The zero-order chi connectivity index (χ0) is 29.1. The van der Waals surface area contributed by atoms with E-state index >= 15 is 0 Å². The van der Waals surface area contributed by atoms with Crippen LogP contribution in [0.1, 0.15) is 35.5 Å². The zero-order valence-corrected chi connectivity index (χ0v) is 21.8. The number of hydrogen-bond acceptors (Lipinski definition) is 9. The fourth-order valence-electron chi connectivity index (χ4n) is 3.53. The van der Waals surface area contributed by atoms with Crippen LogP contribution < -0.4 is 21.5 Å². The van der Waals surface area contributed by atoms with Gasteiger partial charge in [0.2, 0.25) is 0 Å². The molecule has 0 spiro atoms. The average Bonchev–Trinajstić information content (AvgIpc) is 3.33. The van der Waals surface area contributed by atoms with Crippen molar-refractivity contribution in [2.24, 2.45) is 5.73 Å². The number of nitrogen functional groups attached to an aromatic ring is 1. The van der Waals surface area contributed by atoms with Crippen LogP contribution in [-0.2, 0) is 16.1 Å². The Balaban J connectivity index is 0.00000103. The van der Waals surface area contributed by atoms with Gasteiger partial charge in [0.1, 0.15) is 24.3 Å². The second-order valence-electron chi connectivity index (χ2n) is 8.22. The van der Waals surface area contributed by atoms with Crippen LogP contribution in [0.25, 0.3) is 5.95 Å². The molecule has 40 heavy (non-hydrogen) atoms. The van der Waals surface area contributed by atoms with Gasteiger partial charge < -0.3 is 25.6 Å². The van der Waals surface area contributed by atoms with Crippen LogP contribution in [0.15, 0.2) is 65.7 Å². The van der Waals surface area contributed by atoms with Crippen LogP contribution in [0.3, 0.4) is 0 Å². The number of H-pyrrole nitrogens is 1. The molecule has 6 N–H and O–H groups in total. The maximum atomic E-state index is 12.7. The fraction of sp³-hybridized carbons (Fsp3) is 0.231. The van der Waals surface area contributed by atoms with E-state index in [0.29, 0.717) is 28.4 Å². The number of anilines is 1. The molecule has 0 aliphatic heterocycles. The summed E-state index contributed by atoms with van der Waals surface area (Å²) < 4.78 is 24.4. The minimum Gasteiger partial charge on any atom is -0.497 e. The number of nitrogens with one attached hydrogen (secondary N) is 3. The molecule has 0 saturated carbocycles. The van der Waals surface area contributed by atoms with Crippen LogP contribution in [0.2, 0.25) is 0 Å². The Morgan fingerprint density at radius 1 is 1.23 bits per heavy atom. The van der Waals surface area contributed by atoms with Gasteiger partial charge in [0.05, 0.1) is 20.3 Å². The first-order chi connectivity index (χ1) is 19.2. The maximum Gasteiger partial charge on any atom is 0.350 e. The molecule has 2 aromatic heterocycles. The number of benzene rings is 2. The zero-order valence-electron chi connectivity index (χ0n) is 21.8. The molecule has 0 amide bonds. The van der Waals surface area contributed by atoms with Crippen molar-refractivity contribution in [3.63, 3.8) is 0 Å². The number of aromatic amines is 1. The van der Waals surface area contributed by atoms with E-state index in [9.17, 15) is 9.18 Å². The molecule has 1 atom stereocenters. The molecule has 0 aliphatic rings. The Hall–Kier alpha value is -5.11. The number of alkyl halides is 1.